The number of ether oxygens (including phenoxy) is 1. The van der Waals surface area contributed by atoms with Crippen molar-refractivity contribution in [3.63, 3.8) is 0 Å². The fourth-order valence-electron chi connectivity index (χ4n) is 1.24. The molecule has 1 atom stereocenters. The van der Waals surface area contributed by atoms with Crippen molar-refractivity contribution < 1.29 is 4.74 Å². The topological polar surface area (TPSA) is 35.2 Å². The molecule has 0 fully saturated rings. The predicted molar refractivity (Wildman–Crippen MR) is 67.2 cm³/mol. The lowest BCUT2D eigenvalue weighted by atomic mass is 10.1. The molecule has 0 aromatic heterocycles. The van der Waals surface area contributed by atoms with Crippen molar-refractivity contribution in [1.29, 1.82) is 0 Å². The van der Waals surface area contributed by atoms with Gasteiger partial charge in [0.25, 0.3) is 0 Å². The Morgan fingerprint density at radius 2 is 2.27 bits per heavy atom. The van der Waals surface area contributed by atoms with Crippen molar-refractivity contribution in [1.82, 2.24) is 0 Å². The molecule has 1 rings (SSSR count). The SMILES string of the molecule is CCCOCC(N)c1cc(Cl)ccc1Br. The Morgan fingerprint density at radius 1 is 1.53 bits per heavy atom. The Hall–Kier alpha value is -0.0900. The molecule has 2 N–H and O–H groups in total. The van der Waals surface area contributed by atoms with Gasteiger partial charge in [0.05, 0.1) is 12.6 Å². The highest BCUT2D eigenvalue weighted by Gasteiger charge is 2.10. The van der Waals surface area contributed by atoms with Gasteiger partial charge in [0.1, 0.15) is 0 Å². The summed E-state index contributed by atoms with van der Waals surface area (Å²) >= 11 is 9.35. The van der Waals surface area contributed by atoms with Crippen LogP contribution >= 0.6 is 27.5 Å². The average molecular weight is 293 g/mol. The van der Waals surface area contributed by atoms with Gasteiger partial charge in [-0.05, 0) is 30.2 Å². The Morgan fingerprint density at radius 3 is 2.93 bits per heavy atom. The van der Waals surface area contributed by atoms with Gasteiger partial charge in [0.15, 0.2) is 0 Å². The van der Waals surface area contributed by atoms with Crippen molar-refractivity contribution in [3.05, 3.63) is 33.3 Å². The molecule has 1 unspecified atom stereocenters. The Balaban J connectivity index is 2.64. The van der Waals surface area contributed by atoms with Gasteiger partial charge in [-0.25, -0.2) is 0 Å². The van der Waals surface area contributed by atoms with Crippen molar-refractivity contribution in [2.24, 2.45) is 5.73 Å². The first-order valence-electron chi connectivity index (χ1n) is 4.93. The minimum Gasteiger partial charge on any atom is -0.379 e. The summed E-state index contributed by atoms with van der Waals surface area (Å²) in [5.74, 6) is 0. The van der Waals surface area contributed by atoms with Crippen LogP contribution in [-0.2, 0) is 4.74 Å². The maximum absolute atomic E-state index is 5.99. The van der Waals surface area contributed by atoms with Gasteiger partial charge in [0, 0.05) is 16.1 Å². The fraction of sp³-hybridized carbons (Fsp3) is 0.455. The third kappa shape index (κ3) is 4.11. The van der Waals surface area contributed by atoms with Crippen LogP contribution in [0.25, 0.3) is 0 Å². The first-order chi connectivity index (χ1) is 7.15. The minimum absolute atomic E-state index is 0.135. The van der Waals surface area contributed by atoms with Crippen LogP contribution in [0.4, 0.5) is 0 Å². The van der Waals surface area contributed by atoms with Crippen LogP contribution in [0.3, 0.4) is 0 Å². The minimum atomic E-state index is -0.135. The van der Waals surface area contributed by atoms with E-state index in [1.807, 2.05) is 18.2 Å². The summed E-state index contributed by atoms with van der Waals surface area (Å²) in [5, 5.41) is 0.694. The molecule has 0 saturated heterocycles. The summed E-state index contributed by atoms with van der Waals surface area (Å²) in [6, 6.07) is 5.46. The Kier molecular flexibility index (Phi) is 5.61. The van der Waals surface area contributed by atoms with Gasteiger partial charge in [-0.15, -0.1) is 0 Å². The Bertz CT molecular complexity index is 319. The molecule has 0 bridgehead atoms. The van der Waals surface area contributed by atoms with Gasteiger partial charge in [-0.1, -0.05) is 34.5 Å². The van der Waals surface area contributed by atoms with Crippen molar-refractivity contribution in [2.45, 2.75) is 19.4 Å². The second-order valence-corrected chi connectivity index (χ2v) is 4.64. The summed E-state index contributed by atoms with van der Waals surface area (Å²) < 4.78 is 6.38. The number of halogens is 2. The van der Waals surface area contributed by atoms with E-state index in [9.17, 15) is 0 Å². The zero-order chi connectivity index (χ0) is 11.3. The van der Waals surface area contributed by atoms with E-state index in [4.69, 9.17) is 22.1 Å². The van der Waals surface area contributed by atoms with Crippen LogP contribution in [0.1, 0.15) is 24.9 Å². The number of nitrogens with two attached hydrogens (primary N) is 1. The zero-order valence-electron chi connectivity index (χ0n) is 8.67. The van der Waals surface area contributed by atoms with E-state index in [1.165, 1.54) is 0 Å². The highest BCUT2D eigenvalue weighted by Crippen LogP contribution is 2.25. The van der Waals surface area contributed by atoms with E-state index in [2.05, 4.69) is 22.9 Å². The molecular weight excluding hydrogens is 277 g/mol. The molecule has 0 saturated carbocycles. The van der Waals surface area contributed by atoms with Crippen LogP contribution in [-0.4, -0.2) is 13.2 Å². The highest BCUT2D eigenvalue weighted by molar-refractivity contribution is 9.10. The lowest BCUT2D eigenvalue weighted by molar-refractivity contribution is 0.121. The molecule has 0 spiro atoms. The number of rotatable bonds is 5. The number of hydrogen-bond acceptors (Lipinski definition) is 2. The molecular formula is C11H15BrClNO. The van der Waals surface area contributed by atoms with Gasteiger partial charge < -0.3 is 10.5 Å². The summed E-state index contributed by atoms with van der Waals surface area (Å²) in [5.41, 5.74) is 6.98. The molecule has 0 radical (unpaired) electrons. The van der Waals surface area contributed by atoms with Gasteiger partial charge >= 0.3 is 0 Å². The van der Waals surface area contributed by atoms with E-state index in [-0.39, 0.29) is 6.04 Å². The molecule has 4 heteroatoms. The van der Waals surface area contributed by atoms with Crippen LogP contribution in [0.5, 0.6) is 0 Å². The zero-order valence-corrected chi connectivity index (χ0v) is 11.0. The molecule has 1 aromatic carbocycles. The van der Waals surface area contributed by atoms with Crippen LogP contribution in [0, 0.1) is 0 Å². The van der Waals surface area contributed by atoms with E-state index in [1.54, 1.807) is 0 Å². The standard InChI is InChI=1S/C11H15BrClNO/c1-2-5-15-7-11(14)9-6-8(13)3-4-10(9)12/h3-4,6,11H,2,5,7,14H2,1H3. The number of hydrogen-bond donors (Lipinski definition) is 1. The highest BCUT2D eigenvalue weighted by atomic mass is 79.9. The molecule has 1 aromatic rings. The summed E-state index contributed by atoms with van der Waals surface area (Å²) in [7, 11) is 0. The summed E-state index contributed by atoms with van der Waals surface area (Å²) in [6.07, 6.45) is 1.00. The largest absolute Gasteiger partial charge is 0.379 e. The van der Waals surface area contributed by atoms with Crippen LogP contribution < -0.4 is 5.73 Å². The quantitative estimate of drug-likeness (QED) is 0.843. The first-order valence-corrected chi connectivity index (χ1v) is 6.10. The summed E-state index contributed by atoms with van der Waals surface area (Å²) in [4.78, 5) is 0. The molecule has 0 aliphatic heterocycles. The maximum Gasteiger partial charge on any atom is 0.0659 e. The van der Waals surface area contributed by atoms with Crippen molar-refractivity contribution in [3.8, 4) is 0 Å². The average Bonchev–Trinajstić information content (AvgIpc) is 2.22. The maximum atomic E-state index is 5.99. The molecule has 2 nitrogen and oxygen atoms in total. The smallest absolute Gasteiger partial charge is 0.0659 e. The Labute approximate surface area is 104 Å². The van der Waals surface area contributed by atoms with Gasteiger partial charge in [-0.2, -0.15) is 0 Å². The van der Waals surface area contributed by atoms with E-state index in [0.717, 1.165) is 23.1 Å². The normalized spacial score (nSPS) is 12.8. The predicted octanol–water partition coefficient (Wildman–Crippen LogP) is 3.53. The summed E-state index contributed by atoms with van der Waals surface area (Å²) in [6.45, 7) is 3.33. The van der Waals surface area contributed by atoms with Crippen molar-refractivity contribution >= 4 is 27.5 Å². The molecule has 15 heavy (non-hydrogen) atoms. The van der Waals surface area contributed by atoms with Gasteiger partial charge in [0.2, 0.25) is 0 Å². The molecule has 0 heterocycles. The van der Waals surface area contributed by atoms with E-state index >= 15 is 0 Å². The number of benzene rings is 1. The molecule has 0 aliphatic carbocycles. The second kappa shape index (κ2) is 6.48. The molecule has 84 valence electrons. The van der Waals surface area contributed by atoms with E-state index < -0.39 is 0 Å². The third-order valence-electron chi connectivity index (χ3n) is 2.00. The molecule has 0 aliphatic rings. The lowest BCUT2D eigenvalue weighted by Crippen LogP contribution is -2.18. The molecule has 0 amide bonds. The van der Waals surface area contributed by atoms with Crippen LogP contribution in [0.15, 0.2) is 22.7 Å². The van der Waals surface area contributed by atoms with E-state index in [0.29, 0.717) is 11.6 Å². The second-order valence-electron chi connectivity index (χ2n) is 3.35. The fourth-order valence-corrected chi connectivity index (χ4v) is 1.96. The third-order valence-corrected chi connectivity index (χ3v) is 2.96. The van der Waals surface area contributed by atoms with Crippen LogP contribution in [0.2, 0.25) is 5.02 Å². The van der Waals surface area contributed by atoms with Crippen molar-refractivity contribution in [2.75, 3.05) is 13.2 Å². The van der Waals surface area contributed by atoms with Gasteiger partial charge in [-0.3, -0.25) is 0 Å². The lowest BCUT2D eigenvalue weighted by Gasteiger charge is -2.14. The first kappa shape index (κ1) is 13.0. The monoisotopic (exact) mass is 291 g/mol.